The van der Waals surface area contributed by atoms with E-state index in [0.29, 0.717) is 0 Å². The lowest BCUT2D eigenvalue weighted by Gasteiger charge is -2.18. The highest BCUT2D eigenvalue weighted by Gasteiger charge is 2.17. The van der Waals surface area contributed by atoms with Crippen LogP contribution >= 0.6 is 0 Å². The molecule has 108 valence electrons. The third-order valence-corrected chi connectivity index (χ3v) is 3.02. The molecular weight excluding hydrogens is 250 g/mol. The van der Waals surface area contributed by atoms with Gasteiger partial charge >= 0.3 is 0 Å². The number of furan rings is 1. The Morgan fingerprint density at radius 1 is 1.20 bits per heavy atom. The highest BCUT2D eigenvalue weighted by atomic mass is 16.5. The first-order chi connectivity index (χ1) is 9.60. The van der Waals surface area contributed by atoms with Gasteiger partial charge in [-0.15, -0.1) is 0 Å². The Balaban J connectivity index is 2.29. The molecule has 3 nitrogen and oxygen atoms in total. The molecule has 0 aliphatic rings. The lowest BCUT2D eigenvalue weighted by molar-refractivity contribution is 0.242. The number of hydrogen-bond acceptors (Lipinski definition) is 3. The average Bonchev–Trinajstić information content (AvgIpc) is 2.82. The Kier molecular flexibility index (Phi) is 4.85. The van der Waals surface area contributed by atoms with Crippen LogP contribution in [0.15, 0.2) is 40.8 Å². The van der Waals surface area contributed by atoms with Crippen molar-refractivity contribution in [1.82, 2.24) is 5.32 Å². The number of ether oxygens (including phenoxy) is 1. The van der Waals surface area contributed by atoms with Crippen molar-refractivity contribution < 1.29 is 9.15 Å². The van der Waals surface area contributed by atoms with Gasteiger partial charge in [0.2, 0.25) is 0 Å². The predicted octanol–water partition coefficient (Wildman–Crippen LogP) is 4.07. The first-order valence-corrected chi connectivity index (χ1v) is 7.16. The van der Waals surface area contributed by atoms with E-state index in [1.165, 1.54) is 0 Å². The van der Waals surface area contributed by atoms with Crippen LogP contribution in [-0.4, -0.2) is 12.6 Å². The molecule has 0 amide bonds. The van der Waals surface area contributed by atoms with E-state index in [2.05, 4.69) is 24.4 Å². The van der Waals surface area contributed by atoms with Crippen molar-refractivity contribution in [2.45, 2.75) is 39.8 Å². The fourth-order valence-corrected chi connectivity index (χ4v) is 2.23. The van der Waals surface area contributed by atoms with E-state index >= 15 is 0 Å². The molecule has 1 N–H and O–H groups in total. The zero-order valence-corrected chi connectivity index (χ0v) is 12.6. The summed E-state index contributed by atoms with van der Waals surface area (Å²) < 4.78 is 11.5. The van der Waals surface area contributed by atoms with Gasteiger partial charge in [0.1, 0.15) is 17.3 Å². The van der Waals surface area contributed by atoms with Crippen LogP contribution < -0.4 is 10.1 Å². The molecule has 1 aromatic heterocycles. The molecule has 0 spiro atoms. The molecule has 0 aliphatic carbocycles. The van der Waals surface area contributed by atoms with Crippen molar-refractivity contribution in [2.24, 2.45) is 0 Å². The summed E-state index contributed by atoms with van der Waals surface area (Å²) in [7, 11) is 0. The number of nitrogens with one attached hydrogen (secondary N) is 1. The van der Waals surface area contributed by atoms with Gasteiger partial charge in [-0.3, -0.25) is 0 Å². The van der Waals surface area contributed by atoms with E-state index in [1.54, 1.807) is 0 Å². The van der Waals surface area contributed by atoms with E-state index < -0.39 is 0 Å². The average molecular weight is 273 g/mol. The standard InChI is InChI=1S/C17H23NO2/c1-5-18-17(16-10-9-13(4)20-16)14-7-6-8-15(11-14)19-12(2)3/h6-12,17-18H,5H2,1-4H3. The van der Waals surface area contributed by atoms with Gasteiger partial charge in [-0.1, -0.05) is 19.1 Å². The Bertz CT molecular complexity index is 545. The Hall–Kier alpha value is -1.74. The highest BCUT2D eigenvalue weighted by Crippen LogP contribution is 2.27. The van der Waals surface area contributed by atoms with Crippen LogP contribution in [0.2, 0.25) is 0 Å². The van der Waals surface area contributed by atoms with E-state index in [-0.39, 0.29) is 12.1 Å². The van der Waals surface area contributed by atoms with Crippen molar-refractivity contribution >= 4 is 0 Å². The van der Waals surface area contributed by atoms with E-state index in [1.807, 2.05) is 45.0 Å². The summed E-state index contributed by atoms with van der Waals surface area (Å²) in [6.45, 7) is 9.00. The summed E-state index contributed by atoms with van der Waals surface area (Å²) in [4.78, 5) is 0. The fourth-order valence-electron chi connectivity index (χ4n) is 2.23. The molecule has 2 rings (SSSR count). The third-order valence-electron chi connectivity index (χ3n) is 3.02. The fraction of sp³-hybridized carbons (Fsp3) is 0.412. The van der Waals surface area contributed by atoms with Crippen LogP contribution in [0.5, 0.6) is 5.75 Å². The smallest absolute Gasteiger partial charge is 0.125 e. The van der Waals surface area contributed by atoms with E-state index in [0.717, 1.165) is 29.4 Å². The molecular formula is C17H23NO2. The summed E-state index contributed by atoms with van der Waals surface area (Å²) in [5.74, 6) is 2.76. The molecule has 20 heavy (non-hydrogen) atoms. The Morgan fingerprint density at radius 2 is 2.00 bits per heavy atom. The van der Waals surface area contributed by atoms with Gasteiger partial charge in [-0.05, 0) is 57.1 Å². The normalized spacial score (nSPS) is 12.7. The monoisotopic (exact) mass is 273 g/mol. The largest absolute Gasteiger partial charge is 0.491 e. The minimum atomic E-state index is 0.0596. The summed E-state index contributed by atoms with van der Waals surface area (Å²) in [6.07, 6.45) is 0.175. The molecule has 1 heterocycles. The van der Waals surface area contributed by atoms with Crippen LogP contribution in [0.4, 0.5) is 0 Å². The maximum atomic E-state index is 5.77. The van der Waals surface area contributed by atoms with Crippen LogP contribution in [0.3, 0.4) is 0 Å². The molecule has 1 aromatic carbocycles. The second-order valence-corrected chi connectivity index (χ2v) is 5.18. The van der Waals surface area contributed by atoms with Crippen LogP contribution in [0.1, 0.15) is 43.9 Å². The molecule has 0 radical (unpaired) electrons. The molecule has 0 aliphatic heterocycles. The van der Waals surface area contributed by atoms with Gasteiger partial charge in [0.15, 0.2) is 0 Å². The van der Waals surface area contributed by atoms with Gasteiger partial charge in [-0.2, -0.15) is 0 Å². The molecule has 2 aromatic rings. The molecule has 1 atom stereocenters. The maximum Gasteiger partial charge on any atom is 0.125 e. The summed E-state index contributed by atoms with van der Waals surface area (Å²) in [6, 6.07) is 12.3. The maximum absolute atomic E-state index is 5.77. The van der Waals surface area contributed by atoms with Crippen molar-refractivity contribution in [3.05, 3.63) is 53.5 Å². The molecule has 0 fully saturated rings. The highest BCUT2D eigenvalue weighted by molar-refractivity contribution is 5.34. The first-order valence-electron chi connectivity index (χ1n) is 7.16. The quantitative estimate of drug-likeness (QED) is 0.861. The third kappa shape index (κ3) is 3.64. The van der Waals surface area contributed by atoms with Gasteiger partial charge in [-0.25, -0.2) is 0 Å². The molecule has 1 unspecified atom stereocenters. The van der Waals surface area contributed by atoms with Crippen LogP contribution in [0.25, 0.3) is 0 Å². The summed E-state index contributed by atoms with van der Waals surface area (Å²) >= 11 is 0. The minimum absolute atomic E-state index is 0.0596. The summed E-state index contributed by atoms with van der Waals surface area (Å²) in [5.41, 5.74) is 1.15. The minimum Gasteiger partial charge on any atom is -0.491 e. The van der Waals surface area contributed by atoms with Gasteiger partial charge in [0.05, 0.1) is 12.1 Å². The second kappa shape index (κ2) is 6.62. The topological polar surface area (TPSA) is 34.4 Å². The number of benzene rings is 1. The zero-order chi connectivity index (χ0) is 14.5. The number of hydrogen-bond donors (Lipinski definition) is 1. The second-order valence-electron chi connectivity index (χ2n) is 5.18. The van der Waals surface area contributed by atoms with Gasteiger partial charge in [0, 0.05) is 0 Å². The Morgan fingerprint density at radius 3 is 2.60 bits per heavy atom. The molecule has 3 heteroatoms. The lowest BCUT2D eigenvalue weighted by Crippen LogP contribution is -2.21. The number of aryl methyl sites for hydroxylation is 1. The predicted molar refractivity (Wildman–Crippen MR) is 81.2 cm³/mol. The molecule has 0 saturated carbocycles. The Labute approximate surface area is 121 Å². The molecule has 0 saturated heterocycles. The summed E-state index contributed by atoms with van der Waals surface area (Å²) in [5, 5.41) is 3.46. The van der Waals surface area contributed by atoms with Gasteiger partial charge in [0.25, 0.3) is 0 Å². The van der Waals surface area contributed by atoms with Crippen LogP contribution in [-0.2, 0) is 0 Å². The van der Waals surface area contributed by atoms with E-state index in [4.69, 9.17) is 9.15 Å². The van der Waals surface area contributed by atoms with Crippen molar-refractivity contribution in [3.63, 3.8) is 0 Å². The number of rotatable bonds is 6. The molecule has 0 bridgehead atoms. The lowest BCUT2D eigenvalue weighted by atomic mass is 10.0. The zero-order valence-electron chi connectivity index (χ0n) is 12.6. The SMILES string of the molecule is CCNC(c1cccc(OC(C)C)c1)c1ccc(C)o1. The van der Waals surface area contributed by atoms with Crippen LogP contribution in [0, 0.1) is 6.92 Å². The first kappa shape index (κ1) is 14.7. The van der Waals surface area contributed by atoms with E-state index in [9.17, 15) is 0 Å². The van der Waals surface area contributed by atoms with Crippen molar-refractivity contribution in [2.75, 3.05) is 6.54 Å². The van der Waals surface area contributed by atoms with Gasteiger partial charge < -0.3 is 14.5 Å². The van der Waals surface area contributed by atoms with Crippen molar-refractivity contribution in [3.8, 4) is 5.75 Å². The van der Waals surface area contributed by atoms with Crippen molar-refractivity contribution in [1.29, 1.82) is 0 Å².